The van der Waals surface area contributed by atoms with Gasteiger partial charge in [0, 0.05) is 0 Å². The molecule has 35 heavy (non-hydrogen) atoms. The third-order valence-electron chi connectivity index (χ3n) is 7.50. The van der Waals surface area contributed by atoms with Crippen LogP contribution in [0.25, 0.3) is 0 Å². The van der Waals surface area contributed by atoms with E-state index in [1.165, 1.54) is 47.7 Å². The van der Waals surface area contributed by atoms with Crippen molar-refractivity contribution in [3.05, 3.63) is 0 Å². The van der Waals surface area contributed by atoms with Crippen LogP contribution < -0.4 is 0 Å². The van der Waals surface area contributed by atoms with Gasteiger partial charge in [0.1, 0.15) is 12.2 Å². The lowest BCUT2D eigenvalue weighted by molar-refractivity contribution is -0.153. The highest BCUT2D eigenvalue weighted by molar-refractivity contribution is 8.03. The molecule has 3 rings (SSSR count). The third-order valence-corrected chi connectivity index (χ3v) is 10.6. The molecule has 198 valence electrons. The summed E-state index contributed by atoms with van der Waals surface area (Å²) in [5.41, 5.74) is 0. The molecule has 0 spiro atoms. The molecule has 0 amide bonds. The van der Waals surface area contributed by atoms with E-state index in [0.717, 1.165) is 34.4 Å². The first-order valence-electron chi connectivity index (χ1n) is 13.1. The maximum atomic E-state index is 12.5. The summed E-state index contributed by atoms with van der Waals surface area (Å²) in [6.45, 7) is 13.3. The first-order valence-corrected chi connectivity index (χ1v) is 15.9. The molecule has 0 bridgehead atoms. The minimum atomic E-state index is -0.186. The maximum absolute atomic E-state index is 12.5. The van der Waals surface area contributed by atoms with E-state index in [1.807, 2.05) is 0 Å². The van der Waals surface area contributed by atoms with Crippen LogP contribution in [0.2, 0.25) is 0 Å². The Kier molecular flexibility index (Phi) is 11.2. The Labute approximate surface area is 223 Å². The molecule has 6 atom stereocenters. The van der Waals surface area contributed by atoms with Crippen molar-refractivity contribution < 1.29 is 19.1 Å². The van der Waals surface area contributed by atoms with E-state index in [2.05, 4.69) is 51.7 Å². The van der Waals surface area contributed by atoms with Gasteiger partial charge in [-0.25, -0.2) is 0 Å². The maximum Gasteiger partial charge on any atom is 0.316 e. The summed E-state index contributed by atoms with van der Waals surface area (Å²) in [5.74, 6) is 3.20. The molecule has 1 aromatic rings. The number of rotatable bonds is 10. The number of thioether (sulfide) groups is 2. The van der Waals surface area contributed by atoms with Crippen LogP contribution in [0.4, 0.5) is 0 Å². The van der Waals surface area contributed by atoms with Gasteiger partial charge in [0.05, 0.1) is 11.5 Å². The fourth-order valence-electron chi connectivity index (χ4n) is 5.46. The Balaban J connectivity index is 1.41. The molecule has 0 aliphatic heterocycles. The second-order valence-corrected chi connectivity index (χ2v) is 14.5. The van der Waals surface area contributed by atoms with Crippen LogP contribution in [0.15, 0.2) is 8.68 Å². The molecule has 0 N–H and O–H groups in total. The Hall–Kier alpha value is -0.800. The second kappa shape index (κ2) is 13.7. The summed E-state index contributed by atoms with van der Waals surface area (Å²) < 4.78 is 13.2. The van der Waals surface area contributed by atoms with Crippen molar-refractivity contribution in [2.24, 2.45) is 35.5 Å². The molecular formula is C26H42N2O4S3. The zero-order valence-electron chi connectivity index (χ0n) is 22.0. The molecule has 0 saturated heterocycles. The first kappa shape index (κ1) is 28.8. The number of hydrogen-bond donors (Lipinski definition) is 0. The Morgan fingerprint density at radius 3 is 1.57 bits per heavy atom. The lowest BCUT2D eigenvalue weighted by atomic mass is 9.75. The van der Waals surface area contributed by atoms with Gasteiger partial charge in [0.25, 0.3) is 0 Å². The Morgan fingerprint density at radius 1 is 0.800 bits per heavy atom. The fraction of sp³-hybridized carbons (Fsp3) is 0.846. The quantitative estimate of drug-likeness (QED) is 0.238. The first-order chi connectivity index (χ1) is 16.6. The van der Waals surface area contributed by atoms with Crippen LogP contribution in [0.1, 0.15) is 80.1 Å². The summed E-state index contributed by atoms with van der Waals surface area (Å²) in [6.07, 6.45) is 6.61. The highest BCUT2D eigenvalue weighted by Gasteiger charge is 2.34. The average Bonchev–Trinajstić information content (AvgIpc) is 3.24. The topological polar surface area (TPSA) is 78.4 Å². The van der Waals surface area contributed by atoms with Gasteiger partial charge in [-0.2, -0.15) is 0 Å². The largest absolute Gasteiger partial charge is 0.461 e. The van der Waals surface area contributed by atoms with Crippen molar-refractivity contribution in [2.45, 2.75) is 101 Å². The Morgan fingerprint density at radius 2 is 1.20 bits per heavy atom. The predicted molar refractivity (Wildman–Crippen MR) is 144 cm³/mol. The Bertz CT molecular complexity index is 767. The van der Waals surface area contributed by atoms with Crippen LogP contribution in [-0.2, 0) is 19.1 Å². The van der Waals surface area contributed by atoms with Crippen molar-refractivity contribution >= 4 is 46.8 Å². The SMILES string of the molecule is CC(C)[C@H]1CC[C@@H](C)C[C@H]1OC(=O)CSc1nnc(SCC(=O)O[C@@H]2C[C@H](C)CC[C@@H]2C(C)C)s1. The minimum Gasteiger partial charge on any atom is -0.461 e. The number of carbonyl (C=O) groups excluding carboxylic acids is 2. The van der Waals surface area contributed by atoms with Crippen molar-refractivity contribution in [2.75, 3.05) is 11.5 Å². The van der Waals surface area contributed by atoms with Gasteiger partial charge in [0.2, 0.25) is 0 Å². The number of ether oxygens (including phenoxy) is 2. The standard InChI is InChI=1S/C26H42N2O4S3/c1-15(2)19-9-7-17(5)11-21(19)31-23(29)13-33-25-27-28-26(35-25)34-14-24(30)32-22-12-18(6)8-10-20(22)16(3)4/h15-22H,7-14H2,1-6H3/t17-,18-,19-,20-,21-,22-/m1/s1. The van der Waals surface area contributed by atoms with Gasteiger partial charge in [-0.3, -0.25) is 9.59 Å². The van der Waals surface area contributed by atoms with E-state index < -0.39 is 0 Å². The summed E-state index contributed by atoms with van der Waals surface area (Å²) in [4.78, 5) is 25.0. The lowest BCUT2D eigenvalue weighted by Gasteiger charge is -2.36. The van der Waals surface area contributed by atoms with Crippen LogP contribution in [0.3, 0.4) is 0 Å². The van der Waals surface area contributed by atoms with Crippen molar-refractivity contribution in [1.29, 1.82) is 0 Å². The summed E-state index contributed by atoms with van der Waals surface area (Å²) in [5, 5.41) is 8.36. The zero-order chi connectivity index (χ0) is 25.5. The predicted octanol–water partition coefficient (Wildman–Crippen LogP) is 6.73. The molecule has 0 unspecified atom stereocenters. The van der Waals surface area contributed by atoms with E-state index in [0.29, 0.717) is 35.5 Å². The molecular weight excluding hydrogens is 500 g/mol. The minimum absolute atomic E-state index is 0.0147. The monoisotopic (exact) mass is 542 g/mol. The van der Waals surface area contributed by atoms with Gasteiger partial charge in [-0.15, -0.1) is 10.2 Å². The molecule has 6 nitrogen and oxygen atoms in total. The number of aromatic nitrogens is 2. The molecule has 2 fully saturated rings. The smallest absolute Gasteiger partial charge is 0.316 e. The van der Waals surface area contributed by atoms with Crippen molar-refractivity contribution in [3.8, 4) is 0 Å². The van der Waals surface area contributed by atoms with Crippen molar-refractivity contribution in [3.63, 3.8) is 0 Å². The van der Waals surface area contributed by atoms with E-state index in [-0.39, 0.29) is 35.7 Å². The van der Waals surface area contributed by atoms with E-state index in [4.69, 9.17) is 9.47 Å². The molecule has 0 aromatic carbocycles. The van der Waals surface area contributed by atoms with Crippen LogP contribution in [0.5, 0.6) is 0 Å². The molecule has 2 aliphatic carbocycles. The van der Waals surface area contributed by atoms with E-state index in [9.17, 15) is 9.59 Å². The van der Waals surface area contributed by atoms with Crippen LogP contribution in [-0.4, -0.2) is 45.8 Å². The van der Waals surface area contributed by atoms with E-state index in [1.54, 1.807) is 0 Å². The van der Waals surface area contributed by atoms with Gasteiger partial charge >= 0.3 is 11.9 Å². The lowest BCUT2D eigenvalue weighted by Crippen LogP contribution is -2.36. The highest BCUT2D eigenvalue weighted by atomic mass is 32.2. The van der Waals surface area contributed by atoms with Crippen molar-refractivity contribution in [1.82, 2.24) is 10.2 Å². The number of hydrogen-bond acceptors (Lipinski definition) is 9. The molecule has 0 radical (unpaired) electrons. The van der Waals surface area contributed by atoms with E-state index >= 15 is 0 Å². The van der Waals surface area contributed by atoms with Crippen LogP contribution in [0, 0.1) is 35.5 Å². The third kappa shape index (κ3) is 8.92. The molecule has 1 heterocycles. The van der Waals surface area contributed by atoms with Crippen LogP contribution >= 0.6 is 34.9 Å². The fourth-order valence-corrected chi connectivity index (χ4v) is 8.05. The van der Waals surface area contributed by atoms with Gasteiger partial charge in [-0.1, -0.05) is 89.2 Å². The molecule has 1 aromatic heterocycles. The van der Waals surface area contributed by atoms with Gasteiger partial charge < -0.3 is 9.47 Å². The molecule has 2 aliphatic rings. The number of nitrogens with zero attached hydrogens (tertiary/aromatic N) is 2. The summed E-state index contributed by atoms with van der Waals surface area (Å²) in [7, 11) is 0. The normalized spacial score (nSPS) is 29.4. The molecule has 9 heteroatoms. The zero-order valence-corrected chi connectivity index (χ0v) is 24.5. The number of esters is 2. The highest BCUT2D eigenvalue weighted by Crippen LogP contribution is 2.37. The number of carbonyl (C=O) groups is 2. The average molecular weight is 543 g/mol. The summed E-state index contributed by atoms with van der Waals surface area (Å²) >= 11 is 4.12. The molecule has 2 saturated carbocycles. The van der Waals surface area contributed by atoms with Gasteiger partial charge in [-0.05, 0) is 61.2 Å². The summed E-state index contributed by atoms with van der Waals surface area (Å²) in [6, 6.07) is 0. The van der Waals surface area contributed by atoms with Gasteiger partial charge in [0.15, 0.2) is 8.68 Å². The second-order valence-electron chi connectivity index (χ2n) is 11.1.